The molecule has 4 heteroatoms. The van der Waals surface area contributed by atoms with Gasteiger partial charge >= 0.3 is 37.9 Å². The zero-order valence-corrected chi connectivity index (χ0v) is 46.5. The minimum atomic E-state index is -0.826. The molecule has 0 amide bonds. The molecule has 66 heavy (non-hydrogen) atoms. The van der Waals surface area contributed by atoms with E-state index in [1.165, 1.54) is 123 Å². The number of rotatable bonds is 10. The van der Waals surface area contributed by atoms with Crippen molar-refractivity contribution in [2.45, 2.75) is 132 Å². The maximum absolute atomic E-state index is 4.93. The molecular weight excluding hydrogens is 935 g/mol. The van der Waals surface area contributed by atoms with Crippen LogP contribution in [0.1, 0.15) is 150 Å². The molecule has 9 rings (SSSR count). The molecule has 0 atom stereocenters. The van der Waals surface area contributed by atoms with Crippen molar-refractivity contribution in [1.82, 2.24) is 0 Å². The predicted molar refractivity (Wildman–Crippen MR) is 291 cm³/mol. The zero-order chi connectivity index (χ0) is 47.7. The summed E-state index contributed by atoms with van der Waals surface area (Å²) in [7, 11) is 10.7. The molecule has 0 fully saturated rings. The third-order valence-corrected chi connectivity index (χ3v) is 14.2. The van der Waals surface area contributed by atoms with E-state index in [0.29, 0.717) is 23.7 Å². The average molecular weight is 1000 g/mol. The predicted octanol–water partition coefficient (Wildman–Crippen LogP) is 18.0. The Kier molecular flexibility index (Phi) is 18.8. The number of hydrogen-bond acceptors (Lipinski definition) is 0. The Morgan fingerprint density at radius 2 is 0.939 bits per heavy atom. The smallest absolute Gasteiger partial charge is 0.0920 e. The van der Waals surface area contributed by atoms with Crippen molar-refractivity contribution >= 4 is 58.5 Å². The first-order chi connectivity index (χ1) is 31.7. The van der Waals surface area contributed by atoms with Gasteiger partial charge in [0.1, 0.15) is 0 Å². The molecule has 0 unspecified atom stereocenters. The second-order valence-electron chi connectivity index (χ2n) is 19.4. The third kappa shape index (κ3) is 12.5. The van der Waals surface area contributed by atoms with Crippen molar-refractivity contribution in [2.75, 3.05) is 0 Å². The summed E-state index contributed by atoms with van der Waals surface area (Å²) in [6.07, 6.45) is 4.63. The van der Waals surface area contributed by atoms with E-state index in [9.17, 15) is 0 Å². The molecule has 342 valence electrons. The summed E-state index contributed by atoms with van der Waals surface area (Å²) in [5.41, 5.74) is 19.9. The third-order valence-electron chi connectivity index (χ3n) is 12.8. The molecular formula is C62H69Cl2SiZr-3. The Labute approximate surface area is 419 Å². The first-order valence-corrected chi connectivity index (χ1v) is 31.5. The van der Waals surface area contributed by atoms with Crippen LogP contribution in [0, 0.1) is 19.9 Å². The summed E-state index contributed by atoms with van der Waals surface area (Å²) in [4.78, 5) is 0. The van der Waals surface area contributed by atoms with Gasteiger partial charge in [0.25, 0.3) is 0 Å². The minimum absolute atomic E-state index is 0.549. The molecule has 0 aliphatic carbocycles. The summed E-state index contributed by atoms with van der Waals surface area (Å²) in [5.74, 6) is 2.20. The van der Waals surface area contributed by atoms with E-state index in [1.54, 1.807) is 0 Å². The van der Waals surface area contributed by atoms with Gasteiger partial charge in [0.15, 0.2) is 0 Å². The van der Waals surface area contributed by atoms with Gasteiger partial charge in [-0.05, 0) is 69.9 Å². The molecule has 0 N–H and O–H groups in total. The fourth-order valence-corrected chi connectivity index (χ4v) is 10.6. The maximum atomic E-state index is 4.93. The van der Waals surface area contributed by atoms with Crippen molar-refractivity contribution in [3.05, 3.63) is 178 Å². The Morgan fingerprint density at radius 3 is 1.35 bits per heavy atom. The van der Waals surface area contributed by atoms with Gasteiger partial charge in [-0.2, -0.15) is 41.6 Å². The van der Waals surface area contributed by atoms with E-state index >= 15 is 0 Å². The normalized spacial score (nSPS) is 11.6. The number of benzene rings is 6. The number of hydrogen-bond donors (Lipinski definition) is 0. The second-order valence-corrected chi connectivity index (χ2v) is 24.4. The molecule has 0 nitrogen and oxygen atoms in total. The van der Waals surface area contributed by atoms with E-state index in [4.69, 9.17) is 17.0 Å². The minimum Gasteiger partial charge on any atom is -0.184 e. The number of aryl methyl sites for hydroxylation is 4. The Bertz CT molecular complexity index is 2600. The molecule has 0 saturated carbocycles. The monoisotopic (exact) mass is 1000 g/mol. The van der Waals surface area contributed by atoms with Crippen LogP contribution in [0.25, 0.3) is 54.9 Å². The van der Waals surface area contributed by atoms with Gasteiger partial charge in [0, 0.05) is 0 Å². The molecule has 0 aromatic heterocycles. The summed E-state index contributed by atoms with van der Waals surface area (Å²) in [6, 6.07) is 51.3. The van der Waals surface area contributed by atoms with Gasteiger partial charge in [0.05, 0.1) is 9.52 Å². The summed E-state index contributed by atoms with van der Waals surface area (Å²) in [6.45, 7) is 27.3. The standard InChI is InChI=1S/2C25H31.C12H7Si.2ClH.Zr/c2*1-7-8-19-9-10-20-11-18(6)12-24(20)25(19)23-14-21(16(2)3)13-22(15-23)17(4)5;1-3-7-11-9(5-1)10-6-2-4-8-12(10)13-11;;;/h2*9-17H,7-8H2,1-6H3;1-7H;2*1H;/q3*-1;;;+2/p-2. The fraction of sp³-hybridized carbons (Fsp3) is 0.323. The van der Waals surface area contributed by atoms with Crippen LogP contribution in [-0.2, 0) is 33.7 Å². The van der Waals surface area contributed by atoms with Crippen LogP contribution in [0.4, 0.5) is 0 Å². The van der Waals surface area contributed by atoms with E-state index in [2.05, 4.69) is 210 Å². The first-order valence-electron chi connectivity index (χ1n) is 24.2. The summed E-state index contributed by atoms with van der Waals surface area (Å²) >= 11 is -0.826. The van der Waals surface area contributed by atoms with Gasteiger partial charge < -0.3 is 0 Å². The molecule has 8 aromatic carbocycles. The summed E-state index contributed by atoms with van der Waals surface area (Å²) < 4.78 is 0. The van der Waals surface area contributed by atoms with Gasteiger partial charge in [-0.3, -0.25) is 0 Å². The van der Waals surface area contributed by atoms with Crippen LogP contribution in [0.3, 0.4) is 0 Å². The Hall–Kier alpha value is -3.78. The molecule has 8 aromatic rings. The van der Waals surface area contributed by atoms with E-state index in [1.807, 2.05) is 6.07 Å². The van der Waals surface area contributed by atoms with Crippen molar-refractivity contribution in [1.29, 1.82) is 0 Å². The number of halogens is 2. The van der Waals surface area contributed by atoms with Crippen LogP contribution >= 0.6 is 17.0 Å². The van der Waals surface area contributed by atoms with Crippen molar-refractivity contribution < 1.29 is 20.8 Å². The van der Waals surface area contributed by atoms with Gasteiger partial charge in [-0.25, -0.2) is 0 Å². The topological polar surface area (TPSA) is 0 Å². The van der Waals surface area contributed by atoms with E-state index in [-0.39, 0.29) is 0 Å². The van der Waals surface area contributed by atoms with Crippen LogP contribution in [0.5, 0.6) is 0 Å². The van der Waals surface area contributed by atoms with Crippen LogP contribution in [0.2, 0.25) is 0 Å². The van der Waals surface area contributed by atoms with Gasteiger partial charge in [-0.1, -0.05) is 190 Å². The van der Waals surface area contributed by atoms with Gasteiger partial charge in [0.2, 0.25) is 0 Å². The van der Waals surface area contributed by atoms with E-state index in [0.717, 1.165) is 22.4 Å². The quantitative estimate of drug-likeness (QED) is 0.0946. The zero-order valence-electron chi connectivity index (χ0n) is 41.5. The summed E-state index contributed by atoms with van der Waals surface area (Å²) in [5, 5.41) is 8.39. The van der Waals surface area contributed by atoms with E-state index < -0.39 is 20.8 Å². The maximum Gasteiger partial charge on any atom is 0.0920 e. The molecule has 1 aliphatic rings. The van der Waals surface area contributed by atoms with Crippen molar-refractivity contribution in [2.24, 2.45) is 0 Å². The van der Waals surface area contributed by atoms with Crippen LogP contribution in [0.15, 0.2) is 127 Å². The average Bonchev–Trinajstić information content (AvgIpc) is 4.00. The van der Waals surface area contributed by atoms with Crippen molar-refractivity contribution in [3.8, 4) is 33.4 Å². The fourth-order valence-electron chi connectivity index (χ4n) is 9.29. The Balaban J connectivity index is 0.000000166. The first kappa shape index (κ1) is 51.6. The molecule has 0 bridgehead atoms. The largest absolute Gasteiger partial charge is 0.184 e. The molecule has 0 spiro atoms. The van der Waals surface area contributed by atoms with Gasteiger partial charge in [-0.15, -0.1) is 74.6 Å². The molecule has 1 heterocycles. The number of fused-ring (bicyclic) bond motifs is 5. The molecule has 1 aliphatic heterocycles. The van der Waals surface area contributed by atoms with Crippen molar-refractivity contribution in [3.63, 3.8) is 0 Å². The molecule has 2 radical (unpaired) electrons. The van der Waals surface area contributed by atoms with Crippen LogP contribution < -0.4 is 10.4 Å². The second kappa shape index (κ2) is 24.0. The molecule has 0 saturated heterocycles. The van der Waals surface area contributed by atoms with Crippen LogP contribution in [-0.4, -0.2) is 9.52 Å². The Morgan fingerprint density at radius 1 is 0.530 bits per heavy atom. The SMILES string of the molecule is CCCc1ccc2[cH-]c(C)cc2c1-c1cc(C(C)C)cc(C(C)C)c1.CCCc1ccc2[cH-]c(C)cc2c1-c1cc(C(C)C)cc(C(C)C)c1.[Cl][Zr][Cl].[c-]1cccc2c1[Si]c1ccccc1-2.